The monoisotopic (exact) mass is 270 g/mol. The summed E-state index contributed by atoms with van der Waals surface area (Å²) in [5, 5.41) is 8.90. The molecule has 104 valence electrons. The van der Waals surface area contributed by atoms with E-state index < -0.39 is 44.4 Å². The maximum absolute atomic E-state index is 12.6. The third-order valence-corrected chi connectivity index (χ3v) is 1.73. The molecular formula is C8H12F6O3. The van der Waals surface area contributed by atoms with E-state index in [1.54, 1.807) is 0 Å². The van der Waals surface area contributed by atoms with Gasteiger partial charge in [-0.05, 0) is 6.92 Å². The van der Waals surface area contributed by atoms with Crippen LogP contribution in [0.1, 0.15) is 6.92 Å². The van der Waals surface area contributed by atoms with Gasteiger partial charge in [-0.25, -0.2) is 4.39 Å². The number of aliphatic hydroxyl groups is 1. The zero-order valence-electron chi connectivity index (χ0n) is 8.81. The Morgan fingerprint density at radius 1 is 1.18 bits per heavy atom. The lowest BCUT2D eigenvalue weighted by Crippen LogP contribution is -2.48. The van der Waals surface area contributed by atoms with Gasteiger partial charge < -0.3 is 14.6 Å². The van der Waals surface area contributed by atoms with E-state index in [2.05, 4.69) is 9.47 Å². The Morgan fingerprint density at radius 2 is 1.71 bits per heavy atom. The smallest absolute Gasteiger partial charge is 0.373 e. The summed E-state index contributed by atoms with van der Waals surface area (Å²) in [6.45, 7) is -1.51. The summed E-state index contributed by atoms with van der Waals surface area (Å²) in [4.78, 5) is 0. The SMILES string of the molecule is CC(OC(O)COCCF)C(F)(F)C(F)(F)F. The Bertz CT molecular complexity index is 220. The molecule has 0 fully saturated rings. The topological polar surface area (TPSA) is 38.7 Å². The van der Waals surface area contributed by atoms with Gasteiger partial charge in [-0.1, -0.05) is 0 Å². The zero-order chi connectivity index (χ0) is 13.7. The Hall–Kier alpha value is -0.540. The number of halogens is 6. The van der Waals surface area contributed by atoms with Crippen molar-refractivity contribution in [1.82, 2.24) is 0 Å². The fourth-order valence-corrected chi connectivity index (χ4v) is 0.830. The zero-order valence-corrected chi connectivity index (χ0v) is 8.81. The van der Waals surface area contributed by atoms with E-state index in [9.17, 15) is 26.3 Å². The quantitative estimate of drug-likeness (QED) is 0.436. The highest BCUT2D eigenvalue weighted by Crippen LogP contribution is 2.39. The first-order valence-electron chi connectivity index (χ1n) is 4.54. The van der Waals surface area contributed by atoms with Gasteiger partial charge in [0.2, 0.25) is 0 Å². The van der Waals surface area contributed by atoms with Gasteiger partial charge in [0.25, 0.3) is 0 Å². The van der Waals surface area contributed by atoms with E-state index >= 15 is 0 Å². The minimum atomic E-state index is -5.77. The standard InChI is InChI=1S/C8H12F6O3/c1-5(7(10,11)8(12,13)14)17-6(15)4-16-3-2-9/h5-6,15H,2-4H2,1H3. The van der Waals surface area contributed by atoms with Gasteiger partial charge in [0.15, 0.2) is 6.29 Å². The highest BCUT2D eigenvalue weighted by atomic mass is 19.4. The third kappa shape index (κ3) is 5.09. The lowest BCUT2D eigenvalue weighted by Gasteiger charge is -2.27. The second-order valence-corrected chi connectivity index (χ2v) is 3.12. The van der Waals surface area contributed by atoms with Gasteiger partial charge in [-0.2, -0.15) is 22.0 Å². The lowest BCUT2D eigenvalue weighted by molar-refractivity contribution is -0.332. The van der Waals surface area contributed by atoms with Crippen molar-refractivity contribution in [3.63, 3.8) is 0 Å². The van der Waals surface area contributed by atoms with Gasteiger partial charge >= 0.3 is 12.1 Å². The highest BCUT2D eigenvalue weighted by Gasteiger charge is 2.62. The predicted octanol–water partition coefficient (Wildman–Crippen LogP) is 1.89. The van der Waals surface area contributed by atoms with Crippen LogP contribution < -0.4 is 0 Å². The maximum Gasteiger partial charge on any atom is 0.456 e. The first kappa shape index (κ1) is 16.5. The molecule has 0 aromatic carbocycles. The Balaban J connectivity index is 4.20. The summed E-state index contributed by atoms with van der Waals surface area (Å²) in [6.07, 6.45) is -10.3. The van der Waals surface area contributed by atoms with Crippen molar-refractivity contribution >= 4 is 0 Å². The number of hydrogen-bond acceptors (Lipinski definition) is 3. The average Bonchev–Trinajstić information content (AvgIpc) is 2.16. The summed E-state index contributed by atoms with van der Waals surface area (Å²) in [6, 6.07) is 0. The first-order valence-corrected chi connectivity index (χ1v) is 4.54. The summed E-state index contributed by atoms with van der Waals surface area (Å²) in [7, 11) is 0. The van der Waals surface area contributed by atoms with Crippen LogP contribution in [0.15, 0.2) is 0 Å². The molecule has 0 amide bonds. The average molecular weight is 270 g/mol. The van der Waals surface area contributed by atoms with E-state index in [0.717, 1.165) is 0 Å². The van der Waals surface area contributed by atoms with Crippen molar-refractivity contribution in [1.29, 1.82) is 0 Å². The van der Waals surface area contributed by atoms with Gasteiger partial charge in [-0.15, -0.1) is 0 Å². The molecule has 2 atom stereocenters. The number of alkyl halides is 6. The second-order valence-electron chi connectivity index (χ2n) is 3.12. The molecule has 0 aliphatic carbocycles. The highest BCUT2D eigenvalue weighted by molar-refractivity contribution is 4.82. The molecule has 0 aliphatic heterocycles. The predicted molar refractivity (Wildman–Crippen MR) is 44.3 cm³/mol. The van der Waals surface area contributed by atoms with Crippen LogP contribution in [-0.2, 0) is 9.47 Å². The number of ether oxygens (including phenoxy) is 2. The van der Waals surface area contributed by atoms with Crippen LogP contribution in [0, 0.1) is 0 Å². The summed E-state index contributed by atoms with van der Waals surface area (Å²) in [5.74, 6) is -5.09. The van der Waals surface area contributed by atoms with Crippen molar-refractivity contribution in [2.24, 2.45) is 0 Å². The van der Waals surface area contributed by atoms with Crippen molar-refractivity contribution in [2.75, 3.05) is 19.9 Å². The minimum Gasteiger partial charge on any atom is -0.373 e. The van der Waals surface area contributed by atoms with E-state index in [1.807, 2.05) is 0 Å². The van der Waals surface area contributed by atoms with Crippen LogP contribution in [0.5, 0.6) is 0 Å². The molecule has 0 spiro atoms. The molecule has 3 nitrogen and oxygen atoms in total. The molecule has 0 bridgehead atoms. The number of rotatable bonds is 7. The normalized spacial score (nSPS) is 16.9. The number of hydrogen-bond donors (Lipinski definition) is 1. The fraction of sp³-hybridized carbons (Fsp3) is 1.00. The van der Waals surface area contributed by atoms with Crippen LogP contribution in [0.25, 0.3) is 0 Å². The largest absolute Gasteiger partial charge is 0.456 e. The molecule has 17 heavy (non-hydrogen) atoms. The van der Waals surface area contributed by atoms with E-state index in [0.29, 0.717) is 6.92 Å². The summed E-state index contributed by atoms with van der Waals surface area (Å²) >= 11 is 0. The van der Waals surface area contributed by atoms with Gasteiger partial charge in [-0.3, -0.25) is 0 Å². The van der Waals surface area contributed by atoms with E-state index in [1.165, 1.54) is 0 Å². The fourth-order valence-electron chi connectivity index (χ4n) is 0.830. The molecule has 0 saturated heterocycles. The van der Waals surface area contributed by atoms with Crippen molar-refractivity contribution < 1.29 is 40.9 Å². The van der Waals surface area contributed by atoms with Crippen molar-refractivity contribution in [3.8, 4) is 0 Å². The maximum atomic E-state index is 12.6. The van der Waals surface area contributed by atoms with Crippen LogP contribution in [-0.4, -0.2) is 49.5 Å². The van der Waals surface area contributed by atoms with Gasteiger partial charge in [0, 0.05) is 0 Å². The van der Waals surface area contributed by atoms with Gasteiger partial charge in [0.05, 0.1) is 13.2 Å². The summed E-state index contributed by atoms with van der Waals surface area (Å²) < 4.78 is 80.7. The van der Waals surface area contributed by atoms with Crippen LogP contribution in [0.2, 0.25) is 0 Å². The van der Waals surface area contributed by atoms with E-state index in [-0.39, 0.29) is 0 Å². The third-order valence-electron chi connectivity index (χ3n) is 1.73. The molecule has 0 rings (SSSR count). The molecule has 0 radical (unpaired) electrons. The van der Waals surface area contributed by atoms with Gasteiger partial charge in [0.1, 0.15) is 12.8 Å². The Kier molecular flexibility index (Phi) is 6.20. The molecule has 0 aromatic heterocycles. The molecule has 0 heterocycles. The first-order chi connectivity index (χ1) is 7.63. The molecule has 9 heteroatoms. The lowest BCUT2D eigenvalue weighted by atomic mass is 10.2. The second kappa shape index (κ2) is 6.41. The van der Waals surface area contributed by atoms with E-state index in [4.69, 9.17) is 5.11 Å². The van der Waals surface area contributed by atoms with Crippen molar-refractivity contribution in [2.45, 2.75) is 31.4 Å². The van der Waals surface area contributed by atoms with Crippen LogP contribution in [0.4, 0.5) is 26.3 Å². The molecular weight excluding hydrogens is 258 g/mol. The van der Waals surface area contributed by atoms with Crippen molar-refractivity contribution in [3.05, 3.63) is 0 Å². The Morgan fingerprint density at radius 3 is 2.12 bits per heavy atom. The van der Waals surface area contributed by atoms with Crippen LogP contribution >= 0.6 is 0 Å². The minimum absolute atomic E-state index is 0.412. The molecule has 2 unspecified atom stereocenters. The van der Waals surface area contributed by atoms with Crippen LogP contribution in [0.3, 0.4) is 0 Å². The summed E-state index contributed by atoms with van der Waals surface area (Å²) in [5.41, 5.74) is 0. The molecule has 0 saturated carbocycles. The molecule has 1 N–H and O–H groups in total. The Labute approximate surface area is 93.3 Å². The molecule has 0 aliphatic rings. The number of aliphatic hydroxyl groups excluding tert-OH is 1. The molecule has 0 aromatic rings.